The normalized spacial score (nSPS) is 19.3. The SMILES string of the molecule is CN1CCC(c2ccc(O)cc2Cl)CC1. The van der Waals surface area contributed by atoms with Gasteiger partial charge in [-0.25, -0.2) is 0 Å². The van der Waals surface area contributed by atoms with Crippen LogP contribution in [0.4, 0.5) is 0 Å². The van der Waals surface area contributed by atoms with Gasteiger partial charge in [0.05, 0.1) is 0 Å². The fourth-order valence-corrected chi connectivity index (χ4v) is 2.50. The highest BCUT2D eigenvalue weighted by Gasteiger charge is 2.20. The number of rotatable bonds is 1. The highest BCUT2D eigenvalue weighted by Crippen LogP contribution is 2.34. The third kappa shape index (κ3) is 2.44. The molecule has 1 aliphatic rings. The maximum Gasteiger partial charge on any atom is 0.117 e. The smallest absolute Gasteiger partial charge is 0.117 e. The van der Waals surface area contributed by atoms with E-state index in [0.717, 1.165) is 25.9 Å². The summed E-state index contributed by atoms with van der Waals surface area (Å²) < 4.78 is 0. The first-order chi connectivity index (χ1) is 7.16. The second kappa shape index (κ2) is 4.42. The van der Waals surface area contributed by atoms with Crippen molar-refractivity contribution in [2.75, 3.05) is 20.1 Å². The number of hydrogen-bond donors (Lipinski definition) is 1. The molecule has 1 aromatic rings. The third-order valence-electron chi connectivity index (χ3n) is 3.14. The molecule has 0 unspecified atom stereocenters. The van der Waals surface area contributed by atoms with Gasteiger partial charge < -0.3 is 10.0 Å². The van der Waals surface area contributed by atoms with Crippen molar-refractivity contribution in [1.29, 1.82) is 0 Å². The fourth-order valence-electron chi connectivity index (χ4n) is 2.17. The van der Waals surface area contributed by atoms with Crippen molar-refractivity contribution in [2.45, 2.75) is 18.8 Å². The lowest BCUT2D eigenvalue weighted by Crippen LogP contribution is -2.29. The van der Waals surface area contributed by atoms with E-state index in [4.69, 9.17) is 11.6 Å². The second-order valence-corrected chi connectivity index (χ2v) is 4.69. The average Bonchev–Trinajstić information content (AvgIpc) is 2.20. The molecule has 0 atom stereocenters. The van der Waals surface area contributed by atoms with E-state index in [1.54, 1.807) is 12.1 Å². The number of nitrogens with zero attached hydrogens (tertiary/aromatic N) is 1. The number of benzene rings is 1. The lowest BCUT2D eigenvalue weighted by molar-refractivity contribution is 0.255. The van der Waals surface area contributed by atoms with Crippen molar-refractivity contribution in [2.24, 2.45) is 0 Å². The largest absolute Gasteiger partial charge is 0.508 e. The predicted molar refractivity (Wildman–Crippen MR) is 62.6 cm³/mol. The Labute approximate surface area is 95.5 Å². The number of phenols is 1. The van der Waals surface area contributed by atoms with Gasteiger partial charge in [-0.3, -0.25) is 0 Å². The van der Waals surface area contributed by atoms with Crippen LogP contribution in [0.1, 0.15) is 24.3 Å². The molecule has 0 radical (unpaired) electrons. The summed E-state index contributed by atoms with van der Waals surface area (Å²) in [6, 6.07) is 5.31. The summed E-state index contributed by atoms with van der Waals surface area (Å²) in [6.07, 6.45) is 2.31. The molecule has 82 valence electrons. The molecule has 1 N–H and O–H groups in total. The summed E-state index contributed by atoms with van der Waals surface area (Å²) in [5.74, 6) is 0.797. The van der Waals surface area contributed by atoms with Gasteiger partial charge >= 0.3 is 0 Å². The molecule has 2 rings (SSSR count). The summed E-state index contributed by atoms with van der Waals surface area (Å²) >= 11 is 6.13. The Morgan fingerprint density at radius 1 is 1.33 bits per heavy atom. The van der Waals surface area contributed by atoms with Gasteiger partial charge in [0.1, 0.15) is 5.75 Å². The van der Waals surface area contributed by atoms with Crippen LogP contribution >= 0.6 is 11.6 Å². The Morgan fingerprint density at radius 2 is 2.00 bits per heavy atom. The molecule has 0 amide bonds. The molecule has 0 bridgehead atoms. The Bertz CT molecular complexity index is 345. The highest BCUT2D eigenvalue weighted by molar-refractivity contribution is 6.31. The number of aromatic hydroxyl groups is 1. The minimum atomic E-state index is 0.247. The lowest BCUT2D eigenvalue weighted by Gasteiger charge is -2.29. The zero-order valence-corrected chi connectivity index (χ0v) is 9.67. The molecule has 1 saturated heterocycles. The highest BCUT2D eigenvalue weighted by atomic mass is 35.5. The summed E-state index contributed by atoms with van der Waals surface area (Å²) in [5.41, 5.74) is 1.18. The molecule has 1 aromatic carbocycles. The predicted octanol–water partition coefficient (Wildman–Crippen LogP) is 2.85. The van der Waals surface area contributed by atoms with Crippen LogP contribution in [0, 0.1) is 0 Å². The van der Waals surface area contributed by atoms with Crippen molar-refractivity contribution in [3.05, 3.63) is 28.8 Å². The van der Waals surface area contributed by atoms with Gasteiger partial charge in [-0.2, -0.15) is 0 Å². The number of phenolic OH excluding ortho intramolecular Hbond substituents is 1. The number of likely N-dealkylation sites (tertiary alicyclic amines) is 1. The quantitative estimate of drug-likeness (QED) is 0.795. The van der Waals surface area contributed by atoms with Gasteiger partial charge in [-0.05, 0) is 56.6 Å². The van der Waals surface area contributed by atoms with Crippen LogP contribution in [0.2, 0.25) is 5.02 Å². The van der Waals surface area contributed by atoms with E-state index >= 15 is 0 Å². The van der Waals surface area contributed by atoms with E-state index < -0.39 is 0 Å². The minimum absolute atomic E-state index is 0.247. The average molecular weight is 226 g/mol. The van der Waals surface area contributed by atoms with Crippen LogP contribution < -0.4 is 0 Å². The summed E-state index contributed by atoms with van der Waals surface area (Å²) in [5, 5.41) is 9.98. The molecule has 1 fully saturated rings. The molecule has 1 aliphatic heterocycles. The monoisotopic (exact) mass is 225 g/mol. The molecule has 3 heteroatoms. The first-order valence-electron chi connectivity index (χ1n) is 5.34. The molecule has 2 nitrogen and oxygen atoms in total. The molecular weight excluding hydrogens is 210 g/mol. The van der Waals surface area contributed by atoms with E-state index in [-0.39, 0.29) is 5.75 Å². The molecule has 0 aliphatic carbocycles. The maximum atomic E-state index is 9.29. The van der Waals surface area contributed by atoms with E-state index in [0.29, 0.717) is 10.9 Å². The van der Waals surface area contributed by atoms with Crippen molar-refractivity contribution < 1.29 is 5.11 Å². The summed E-state index contributed by atoms with van der Waals surface area (Å²) in [7, 11) is 2.15. The zero-order chi connectivity index (χ0) is 10.8. The molecule has 1 heterocycles. The zero-order valence-electron chi connectivity index (χ0n) is 8.91. The van der Waals surface area contributed by atoms with Crippen LogP contribution in [0.25, 0.3) is 0 Å². The van der Waals surface area contributed by atoms with Crippen LogP contribution in [-0.2, 0) is 0 Å². The first-order valence-corrected chi connectivity index (χ1v) is 5.71. The molecule has 0 aromatic heterocycles. The van der Waals surface area contributed by atoms with Crippen molar-refractivity contribution in [3.8, 4) is 5.75 Å². The Hall–Kier alpha value is -0.730. The van der Waals surface area contributed by atoms with E-state index in [2.05, 4.69) is 11.9 Å². The van der Waals surface area contributed by atoms with Crippen molar-refractivity contribution >= 4 is 11.6 Å². The molecule has 0 saturated carbocycles. The fraction of sp³-hybridized carbons (Fsp3) is 0.500. The third-order valence-corrected chi connectivity index (χ3v) is 3.47. The van der Waals surface area contributed by atoms with Crippen LogP contribution in [0.5, 0.6) is 5.75 Å². The maximum absolute atomic E-state index is 9.29. The van der Waals surface area contributed by atoms with Crippen LogP contribution in [0.3, 0.4) is 0 Å². The van der Waals surface area contributed by atoms with Gasteiger partial charge in [0, 0.05) is 5.02 Å². The van der Waals surface area contributed by atoms with Gasteiger partial charge in [0.25, 0.3) is 0 Å². The topological polar surface area (TPSA) is 23.5 Å². The molecular formula is C12H16ClNO. The lowest BCUT2D eigenvalue weighted by atomic mass is 9.89. The first kappa shape index (κ1) is 10.8. The van der Waals surface area contributed by atoms with E-state index in [1.807, 2.05) is 6.07 Å². The number of halogens is 1. The second-order valence-electron chi connectivity index (χ2n) is 4.28. The van der Waals surface area contributed by atoms with Crippen LogP contribution in [-0.4, -0.2) is 30.1 Å². The van der Waals surface area contributed by atoms with Crippen molar-refractivity contribution in [3.63, 3.8) is 0 Å². The Balaban J connectivity index is 2.15. The molecule has 15 heavy (non-hydrogen) atoms. The van der Waals surface area contributed by atoms with Crippen LogP contribution in [0.15, 0.2) is 18.2 Å². The summed E-state index contributed by atoms with van der Waals surface area (Å²) in [6.45, 7) is 2.25. The molecule has 0 spiro atoms. The Kier molecular flexibility index (Phi) is 3.17. The standard InChI is InChI=1S/C12H16ClNO/c1-14-6-4-9(5-7-14)11-3-2-10(15)8-12(11)13/h2-3,8-9,15H,4-7H2,1H3. The van der Waals surface area contributed by atoms with Gasteiger partial charge in [-0.1, -0.05) is 17.7 Å². The Morgan fingerprint density at radius 3 is 2.60 bits per heavy atom. The minimum Gasteiger partial charge on any atom is -0.508 e. The van der Waals surface area contributed by atoms with Crippen molar-refractivity contribution in [1.82, 2.24) is 4.90 Å². The van der Waals surface area contributed by atoms with Gasteiger partial charge in [-0.15, -0.1) is 0 Å². The van der Waals surface area contributed by atoms with E-state index in [1.165, 1.54) is 5.56 Å². The number of piperidine rings is 1. The van der Waals surface area contributed by atoms with Gasteiger partial charge in [0.2, 0.25) is 0 Å². The number of hydrogen-bond acceptors (Lipinski definition) is 2. The van der Waals surface area contributed by atoms with Gasteiger partial charge in [0.15, 0.2) is 0 Å². The summed E-state index contributed by atoms with van der Waals surface area (Å²) in [4.78, 5) is 2.34. The van der Waals surface area contributed by atoms with E-state index in [9.17, 15) is 5.11 Å².